The monoisotopic (exact) mass is 241 g/mol. The fourth-order valence-electron chi connectivity index (χ4n) is 0.515. The highest BCUT2D eigenvalue weighted by molar-refractivity contribution is 7.88. The Bertz CT molecular complexity index is 453. The first-order valence-corrected chi connectivity index (χ1v) is 5.14. The van der Waals surface area contributed by atoms with Crippen LogP contribution in [0.15, 0.2) is 45.7 Å². The minimum Gasteiger partial charge on any atom is -0.368 e. The lowest BCUT2D eigenvalue weighted by molar-refractivity contribution is 0.599. The Hall–Kier alpha value is -2.41. The summed E-state index contributed by atoms with van der Waals surface area (Å²) < 4.78 is 24.3. The molecule has 10 heteroatoms. The van der Waals surface area contributed by atoms with Gasteiger partial charge in [-0.15, -0.1) is 0 Å². The highest BCUT2D eigenvalue weighted by atomic mass is 32.2. The van der Waals surface area contributed by atoms with E-state index in [9.17, 15) is 8.42 Å². The maximum atomic E-state index is 9.99. The minimum absolute atomic E-state index is 1.88. The van der Waals surface area contributed by atoms with Crippen molar-refractivity contribution in [2.24, 2.45) is 9.04 Å². The molecule has 0 bridgehead atoms. The van der Waals surface area contributed by atoms with Crippen LogP contribution in [0.3, 0.4) is 0 Å². The Morgan fingerprint density at radius 2 is 1.38 bits per heavy atom. The molecule has 0 atom stereocenters. The molecule has 0 saturated heterocycles. The van der Waals surface area contributed by atoms with Gasteiger partial charge in [-0.3, -0.25) is 0 Å². The topological polar surface area (TPSA) is 144 Å². The third-order valence-electron chi connectivity index (χ3n) is 0.998. The van der Waals surface area contributed by atoms with Gasteiger partial charge in [-0.05, 0) is 23.2 Å². The molecule has 0 radical (unpaired) electrons. The molecule has 84 valence electrons. The lowest BCUT2D eigenvalue weighted by Gasteiger charge is -1.79. The van der Waals surface area contributed by atoms with E-state index < -0.39 is 10.2 Å². The minimum atomic E-state index is -4.27. The molecule has 0 saturated carbocycles. The van der Waals surface area contributed by atoms with Gasteiger partial charge in [0.15, 0.2) is 0 Å². The molecule has 0 fully saturated rings. The van der Waals surface area contributed by atoms with Gasteiger partial charge in [0.1, 0.15) is 0 Å². The third kappa shape index (κ3) is 8.20. The Labute approximate surface area is 91.2 Å². The summed E-state index contributed by atoms with van der Waals surface area (Å²) in [4.78, 5) is 3.80. The second-order valence-corrected chi connectivity index (χ2v) is 3.28. The first-order chi connectivity index (χ1) is 7.62. The fraction of sp³-hybridized carbons (Fsp3) is 0. The fourth-order valence-corrected chi connectivity index (χ4v) is 0.732. The van der Waals surface area contributed by atoms with E-state index in [1.54, 1.807) is 0 Å². The molecule has 9 nitrogen and oxygen atoms in total. The number of azide groups is 1. The van der Waals surface area contributed by atoms with Gasteiger partial charge in [0.05, 0.1) is 0 Å². The molecule has 0 aliphatic carbocycles. The van der Waals surface area contributed by atoms with Crippen LogP contribution in [0.2, 0.25) is 0 Å². The predicted molar refractivity (Wildman–Crippen MR) is 57.8 cm³/mol. The molecule has 0 amide bonds. The molecule has 0 aromatic carbocycles. The molecular formula is C6H7N7O2S. The summed E-state index contributed by atoms with van der Waals surface area (Å²) in [5.74, 6) is 0. The van der Waals surface area contributed by atoms with Crippen LogP contribution in [-0.2, 0) is 10.2 Å². The number of hydrogen-bond acceptors (Lipinski definition) is 3. The second kappa shape index (κ2) is 7.94. The Morgan fingerprint density at radius 3 is 1.75 bits per heavy atom. The van der Waals surface area contributed by atoms with Crippen molar-refractivity contribution in [2.45, 2.75) is 0 Å². The number of nitrogens with one attached hydrogen (secondary N) is 1. The summed E-state index contributed by atoms with van der Waals surface area (Å²) in [7, 11) is -4.27. The Kier molecular flexibility index (Phi) is 6.75. The van der Waals surface area contributed by atoms with Crippen molar-refractivity contribution >= 4 is 10.2 Å². The molecule has 0 unspecified atom stereocenters. The summed E-state index contributed by atoms with van der Waals surface area (Å²) in [6, 6.07) is 0. The van der Waals surface area contributed by atoms with E-state index in [2.05, 4.69) is 14.4 Å². The van der Waals surface area contributed by atoms with Crippen molar-refractivity contribution in [1.29, 1.82) is 0 Å². The summed E-state index contributed by atoms with van der Waals surface area (Å²) in [6.07, 6.45) is 11.6. The van der Waals surface area contributed by atoms with E-state index in [4.69, 9.17) is 11.1 Å². The van der Waals surface area contributed by atoms with Crippen LogP contribution >= 0.6 is 0 Å². The summed E-state index contributed by atoms with van der Waals surface area (Å²) in [5, 5.41) is 2.92. The van der Waals surface area contributed by atoms with Gasteiger partial charge >= 0.3 is 10.2 Å². The zero-order chi connectivity index (χ0) is 12.3. The van der Waals surface area contributed by atoms with E-state index in [0.717, 1.165) is 0 Å². The first kappa shape index (κ1) is 13.6. The Balaban J connectivity index is 0.000000288. The largest absolute Gasteiger partial charge is 0.368 e. The molecule has 0 spiro atoms. The summed E-state index contributed by atoms with van der Waals surface area (Å²) in [6.45, 7) is 0. The van der Waals surface area contributed by atoms with Gasteiger partial charge in [0.2, 0.25) is 0 Å². The van der Waals surface area contributed by atoms with E-state index in [1.165, 1.54) is 0 Å². The third-order valence-corrected chi connectivity index (χ3v) is 1.56. The van der Waals surface area contributed by atoms with Crippen molar-refractivity contribution in [1.82, 2.24) is 5.32 Å². The van der Waals surface area contributed by atoms with Gasteiger partial charge in [-0.2, -0.15) is 0 Å². The average Bonchev–Trinajstić information content (AvgIpc) is 2.49. The van der Waals surface area contributed by atoms with Crippen LogP contribution in [0.25, 0.3) is 20.9 Å². The highest BCUT2D eigenvalue weighted by Crippen LogP contribution is 1.92. The van der Waals surface area contributed by atoms with E-state index >= 15 is 0 Å². The van der Waals surface area contributed by atoms with Gasteiger partial charge < -0.3 is 5.32 Å². The van der Waals surface area contributed by atoms with Crippen LogP contribution in [0, 0.1) is 0 Å². The van der Waals surface area contributed by atoms with Crippen molar-refractivity contribution in [2.75, 3.05) is 0 Å². The van der Waals surface area contributed by atoms with Crippen LogP contribution in [-0.4, -0.2) is 8.42 Å². The number of hydrogen-bond donors (Lipinski definition) is 1. The first-order valence-electron chi connectivity index (χ1n) is 3.74. The zero-order valence-electron chi connectivity index (χ0n) is 7.87. The van der Waals surface area contributed by atoms with Gasteiger partial charge in [0, 0.05) is 31.3 Å². The quantitative estimate of drug-likeness (QED) is 0.448. The number of rotatable bonds is 2. The normalized spacial score (nSPS) is 12.0. The lowest BCUT2D eigenvalue weighted by Crippen LogP contribution is -1.87. The maximum absolute atomic E-state index is 9.99. The average molecular weight is 241 g/mol. The molecule has 1 aliphatic heterocycles. The molecule has 0 aromatic heterocycles. The van der Waals surface area contributed by atoms with Gasteiger partial charge in [-0.1, -0.05) is 12.2 Å². The van der Waals surface area contributed by atoms with E-state index in [0.29, 0.717) is 0 Å². The second-order valence-electron chi connectivity index (χ2n) is 2.06. The molecule has 16 heavy (non-hydrogen) atoms. The van der Waals surface area contributed by atoms with Crippen molar-refractivity contribution < 1.29 is 8.42 Å². The number of nitrogens with zero attached hydrogens (tertiary/aromatic N) is 6. The molecule has 1 rings (SSSR count). The van der Waals surface area contributed by atoms with E-state index in [-0.39, 0.29) is 0 Å². The van der Waals surface area contributed by atoms with Crippen molar-refractivity contribution in [3.63, 3.8) is 0 Å². The molecule has 1 N–H and O–H groups in total. The Morgan fingerprint density at radius 1 is 0.938 bits per heavy atom. The standard InChI is InChI=1S/C6H7N.N6O2S/c1-2-4-6-7-5-3-1;1-3-5-9(7,8)6-4-2/h1-7H;. The molecule has 1 aliphatic rings. The van der Waals surface area contributed by atoms with Crippen LogP contribution in [0.4, 0.5) is 0 Å². The smallest absolute Gasteiger partial charge is 0.321 e. The highest BCUT2D eigenvalue weighted by Gasteiger charge is 1.99. The van der Waals surface area contributed by atoms with Crippen molar-refractivity contribution in [3.05, 3.63) is 57.6 Å². The van der Waals surface area contributed by atoms with Gasteiger partial charge in [-0.25, -0.2) is 8.42 Å². The predicted octanol–water partition coefficient (Wildman–Crippen LogP) is 2.02. The summed E-state index contributed by atoms with van der Waals surface area (Å²) >= 11 is 0. The van der Waals surface area contributed by atoms with Crippen LogP contribution < -0.4 is 5.32 Å². The lowest BCUT2D eigenvalue weighted by atomic mass is 10.5. The summed E-state index contributed by atoms with van der Waals surface area (Å²) in [5.41, 5.74) is 15.0. The molecular weight excluding hydrogens is 234 g/mol. The molecule has 1 heterocycles. The maximum Gasteiger partial charge on any atom is 0.321 e. The van der Waals surface area contributed by atoms with E-state index in [1.807, 2.05) is 46.5 Å². The number of allylic oxidation sites excluding steroid dienone is 4. The van der Waals surface area contributed by atoms with Crippen LogP contribution in [0.1, 0.15) is 0 Å². The van der Waals surface area contributed by atoms with Crippen LogP contribution in [0.5, 0.6) is 0 Å². The zero-order valence-corrected chi connectivity index (χ0v) is 8.69. The molecule has 0 aromatic rings. The SMILES string of the molecule is C1=CC=CNC=C1.[N-]=[N+]=NS(=O)(=O)N=[N+]=[N-]. The van der Waals surface area contributed by atoms with Crippen molar-refractivity contribution in [3.8, 4) is 0 Å². The van der Waals surface area contributed by atoms with Gasteiger partial charge in [0.25, 0.3) is 0 Å².